The Labute approximate surface area is 158 Å². The molecule has 3 aromatic rings. The summed E-state index contributed by atoms with van der Waals surface area (Å²) in [5.41, 5.74) is 2.55. The summed E-state index contributed by atoms with van der Waals surface area (Å²) in [5.74, 6) is 0. The molecule has 7 heteroatoms. The molecule has 0 atom stereocenters. The third-order valence-electron chi connectivity index (χ3n) is 3.78. The lowest BCUT2D eigenvalue weighted by molar-refractivity contribution is -0.137. The van der Waals surface area contributed by atoms with Crippen molar-refractivity contribution in [1.29, 1.82) is 5.26 Å². The minimum atomic E-state index is -4.42. The van der Waals surface area contributed by atoms with Crippen LogP contribution in [0.2, 0.25) is 0 Å². The van der Waals surface area contributed by atoms with Gasteiger partial charge in [-0.15, -0.1) is 11.3 Å². The molecule has 1 N–H and O–H groups in total. The fourth-order valence-corrected chi connectivity index (χ4v) is 3.13. The molecule has 0 saturated carbocycles. The van der Waals surface area contributed by atoms with E-state index in [-0.39, 0.29) is 11.3 Å². The Morgan fingerprint density at radius 2 is 1.93 bits per heavy atom. The number of aryl methyl sites for hydroxylation is 1. The summed E-state index contributed by atoms with van der Waals surface area (Å²) in [7, 11) is 0. The number of hydrogen-bond donors (Lipinski definition) is 1. The average molecular weight is 385 g/mol. The Morgan fingerprint density at radius 1 is 1.19 bits per heavy atom. The van der Waals surface area contributed by atoms with Crippen LogP contribution in [-0.2, 0) is 6.18 Å². The fourth-order valence-electron chi connectivity index (χ4n) is 2.34. The van der Waals surface area contributed by atoms with Crippen LogP contribution in [0, 0.1) is 18.3 Å². The minimum absolute atomic E-state index is 0.243. The fraction of sp³-hybridized carbons (Fsp3) is 0.100. The van der Waals surface area contributed by atoms with Gasteiger partial charge in [0.05, 0.1) is 11.3 Å². The van der Waals surface area contributed by atoms with E-state index in [1.165, 1.54) is 29.7 Å². The molecule has 2 aromatic carbocycles. The summed E-state index contributed by atoms with van der Waals surface area (Å²) in [6, 6.07) is 14.7. The van der Waals surface area contributed by atoms with Crippen molar-refractivity contribution in [2.24, 2.45) is 0 Å². The predicted molar refractivity (Wildman–Crippen MR) is 101 cm³/mol. The lowest BCUT2D eigenvalue weighted by Gasteiger charge is -2.08. The molecule has 0 spiro atoms. The molecule has 0 fully saturated rings. The van der Waals surface area contributed by atoms with Crippen LogP contribution in [0.1, 0.15) is 16.1 Å². The molecule has 0 saturated heterocycles. The van der Waals surface area contributed by atoms with E-state index in [1.807, 2.05) is 42.6 Å². The van der Waals surface area contributed by atoms with Crippen LogP contribution in [-0.4, -0.2) is 4.98 Å². The maximum absolute atomic E-state index is 12.8. The van der Waals surface area contributed by atoms with Crippen molar-refractivity contribution in [1.82, 2.24) is 4.98 Å². The topological polar surface area (TPSA) is 48.7 Å². The maximum Gasteiger partial charge on any atom is 0.416 e. The molecule has 27 heavy (non-hydrogen) atoms. The minimum Gasteiger partial charge on any atom is -0.360 e. The molecule has 136 valence electrons. The number of halogens is 3. The third-order valence-corrected chi connectivity index (χ3v) is 4.65. The Kier molecular flexibility index (Phi) is 5.28. The number of nitrogens with one attached hydrogen (secondary N) is 1. The van der Waals surface area contributed by atoms with Crippen molar-refractivity contribution in [3.63, 3.8) is 0 Å². The lowest BCUT2D eigenvalue weighted by Crippen LogP contribution is -2.05. The number of thiazole rings is 1. The molecule has 0 aliphatic heterocycles. The molecular formula is C20H14F3N3S. The van der Waals surface area contributed by atoms with E-state index >= 15 is 0 Å². The summed E-state index contributed by atoms with van der Waals surface area (Å²) < 4.78 is 38.3. The number of hydrogen-bond acceptors (Lipinski definition) is 4. The molecule has 0 amide bonds. The van der Waals surface area contributed by atoms with Gasteiger partial charge in [0.15, 0.2) is 0 Å². The van der Waals surface area contributed by atoms with E-state index in [1.54, 1.807) is 0 Å². The van der Waals surface area contributed by atoms with Gasteiger partial charge in [-0.05, 0) is 25.1 Å². The third kappa shape index (κ3) is 4.54. The van der Waals surface area contributed by atoms with Gasteiger partial charge in [-0.1, -0.05) is 35.9 Å². The van der Waals surface area contributed by atoms with Crippen LogP contribution >= 0.6 is 11.3 Å². The van der Waals surface area contributed by atoms with Gasteiger partial charge in [-0.25, -0.2) is 4.98 Å². The second-order valence-electron chi connectivity index (χ2n) is 5.80. The number of nitriles is 1. The lowest BCUT2D eigenvalue weighted by atomic mass is 10.1. The van der Waals surface area contributed by atoms with Crippen molar-refractivity contribution in [2.75, 3.05) is 5.32 Å². The van der Waals surface area contributed by atoms with Crippen LogP contribution in [0.25, 0.3) is 16.8 Å². The van der Waals surface area contributed by atoms with Crippen LogP contribution < -0.4 is 5.32 Å². The molecule has 1 aromatic heterocycles. The van der Waals surface area contributed by atoms with Crippen molar-refractivity contribution in [3.8, 4) is 17.3 Å². The normalized spacial score (nSPS) is 11.9. The highest BCUT2D eigenvalue weighted by molar-refractivity contribution is 7.11. The number of rotatable bonds is 4. The van der Waals surface area contributed by atoms with Crippen molar-refractivity contribution in [3.05, 3.63) is 76.2 Å². The number of allylic oxidation sites excluding steroid dienone is 1. The zero-order chi connectivity index (χ0) is 19.4. The number of nitrogens with zero attached hydrogens (tertiary/aromatic N) is 2. The van der Waals surface area contributed by atoms with Crippen LogP contribution in [0.3, 0.4) is 0 Å². The molecule has 3 rings (SSSR count). The summed E-state index contributed by atoms with van der Waals surface area (Å²) >= 11 is 1.30. The van der Waals surface area contributed by atoms with E-state index in [4.69, 9.17) is 0 Å². The maximum atomic E-state index is 12.8. The van der Waals surface area contributed by atoms with Gasteiger partial charge in [0.1, 0.15) is 16.6 Å². The first kappa shape index (κ1) is 18.7. The van der Waals surface area contributed by atoms with Crippen molar-refractivity contribution < 1.29 is 13.2 Å². The van der Waals surface area contributed by atoms with E-state index in [0.717, 1.165) is 29.0 Å². The Bertz CT molecular complexity index is 1010. The van der Waals surface area contributed by atoms with Crippen LogP contribution in [0.5, 0.6) is 0 Å². The molecule has 3 nitrogen and oxygen atoms in total. The van der Waals surface area contributed by atoms with Gasteiger partial charge < -0.3 is 5.32 Å². The van der Waals surface area contributed by atoms with E-state index in [9.17, 15) is 18.4 Å². The molecule has 0 aliphatic rings. The zero-order valence-electron chi connectivity index (χ0n) is 14.2. The van der Waals surface area contributed by atoms with Gasteiger partial charge >= 0.3 is 6.18 Å². The van der Waals surface area contributed by atoms with Gasteiger partial charge in [0.2, 0.25) is 0 Å². The molecule has 0 aliphatic carbocycles. The number of aromatic nitrogens is 1. The molecule has 0 unspecified atom stereocenters. The summed E-state index contributed by atoms with van der Waals surface area (Å²) in [4.78, 5) is 4.46. The number of benzene rings is 2. The van der Waals surface area contributed by atoms with Crippen molar-refractivity contribution in [2.45, 2.75) is 13.1 Å². The average Bonchev–Trinajstić information content (AvgIpc) is 3.12. The Hall–Kier alpha value is -3.11. The van der Waals surface area contributed by atoms with Crippen molar-refractivity contribution >= 4 is 22.6 Å². The highest BCUT2D eigenvalue weighted by atomic mass is 32.1. The second kappa shape index (κ2) is 7.64. The SMILES string of the molecule is Cc1ccc(-c2csc(C(C#N)=CNc3cccc(C(F)(F)F)c3)n2)cc1. The van der Waals surface area contributed by atoms with E-state index in [2.05, 4.69) is 10.3 Å². The zero-order valence-corrected chi connectivity index (χ0v) is 15.0. The standard InChI is InChI=1S/C20H14F3N3S/c1-13-5-7-14(8-6-13)18-12-27-19(26-18)15(10-24)11-25-17-4-2-3-16(9-17)20(21,22)23/h2-9,11-12,25H,1H3. The largest absolute Gasteiger partial charge is 0.416 e. The van der Waals surface area contributed by atoms with Gasteiger partial charge in [-0.2, -0.15) is 18.4 Å². The number of anilines is 1. The van der Waals surface area contributed by atoms with Crippen LogP contribution in [0.4, 0.5) is 18.9 Å². The Balaban J connectivity index is 1.82. The molecule has 0 radical (unpaired) electrons. The summed E-state index contributed by atoms with van der Waals surface area (Å²) in [6.45, 7) is 1.99. The first-order chi connectivity index (χ1) is 12.9. The number of alkyl halides is 3. The van der Waals surface area contributed by atoms with Crippen LogP contribution in [0.15, 0.2) is 60.1 Å². The van der Waals surface area contributed by atoms with Gasteiger partial charge in [0.25, 0.3) is 0 Å². The molecular weight excluding hydrogens is 371 g/mol. The first-order valence-corrected chi connectivity index (χ1v) is 8.82. The van der Waals surface area contributed by atoms with Gasteiger partial charge in [0, 0.05) is 22.8 Å². The second-order valence-corrected chi connectivity index (χ2v) is 6.65. The predicted octanol–water partition coefficient (Wildman–Crippen LogP) is 6.11. The van der Waals surface area contributed by atoms with Gasteiger partial charge in [-0.3, -0.25) is 0 Å². The first-order valence-electron chi connectivity index (χ1n) is 7.94. The highest BCUT2D eigenvalue weighted by Gasteiger charge is 2.30. The quantitative estimate of drug-likeness (QED) is 0.551. The smallest absolute Gasteiger partial charge is 0.360 e. The summed E-state index contributed by atoms with van der Waals surface area (Å²) in [5, 5.41) is 14.5. The Morgan fingerprint density at radius 3 is 2.59 bits per heavy atom. The molecule has 0 bridgehead atoms. The highest BCUT2D eigenvalue weighted by Crippen LogP contribution is 2.31. The van der Waals surface area contributed by atoms with E-state index in [0.29, 0.717) is 5.01 Å². The molecule has 1 heterocycles. The monoisotopic (exact) mass is 385 g/mol. The summed E-state index contributed by atoms with van der Waals surface area (Å²) in [6.07, 6.45) is -3.05. The van der Waals surface area contributed by atoms with E-state index < -0.39 is 11.7 Å².